The van der Waals surface area contributed by atoms with Gasteiger partial charge in [0.15, 0.2) is 0 Å². The Kier molecular flexibility index (Phi) is 4.39. The summed E-state index contributed by atoms with van der Waals surface area (Å²) in [6, 6.07) is 7.50. The average molecular weight is 360 g/mol. The molecule has 0 aliphatic heterocycles. The van der Waals surface area contributed by atoms with Gasteiger partial charge in [-0.15, -0.1) is 0 Å². The van der Waals surface area contributed by atoms with Crippen LogP contribution in [0.2, 0.25) is 0 Å². The maximum Gasteiger partial charge on any atom is 0.416 e. The fourth-order valence-corrected chi connectivity index (χ4v) is 2.67. The van der Waals surface area contributed by atoms with E-state index in [1.54, 1.807) is 31.2 Å². The van der Waals surface area contributed by atoms with E-state index < -0.39 is 17.3 Å². The third-order valence-electron chi connectivity index (χ3n) is 3.39. The van der Waals surface area contributed by atoms with E-state index in [2.05, 4.69) is 20.9 Å². The zero-order chi connectivity index (χ0) is 15.7. The van der Waals surface area contributed by atoms with Gasteiger partial charge in [0.2, 0.25) is 0 Å². The first-order valence-corrected chi connectivity index (χ1v) is 7.08. The zero-order valence-corrected chi connectivity index (χ0v) is 12.7. The van der Waals surface area contributed by atoms with E-state index in [4.69, 9.17) is 0 Å². The quantitative estimate of drug-likeness (QED) is 0.874. The van der Waals surface area contributed by atoms with Gasteiger partial charge in [-0.1, -0.05) is 35.0 Å². The van der Waals surface area contributed by atoms with E-state index in [0.717, 1.165) is 18.5 Å². The molecule has 1 heterocycles. The minimum atomic E-state index is -4.55. The number of aliphatic hydroxyl groups is 1. The van der Waals surface area contributed by atoms with Crippen LogP contribution in [0.4, 0.5) is 13.2 Å². The van der Waals surface area contributed by atoms with Crippen LogP contribution in [-0.4, -0.2) is 10.1 Å². The molecule has 1 N–H and O–H groups in total. The summed E-state index contributed by atoms with van der Waals surface area (Å²) in [7, 11) is 0. The minimum absolute atomic E-state index is 0.0955. The molecule has 0 saturated heterocycles. The number of hydrogen-bond donors (Lipinski definition) is 1. The highest BCUT2D eigenvalue weighted by atomic mass is 79.9. The van der Waals surface area contributed by atoms with Crippen molar-refractivity contribution in [3.63, 3.8) is 0 Å². The Hall–Kier alpha value is -1.40. The van der Waals surface area contributed by atoms with E-state index in [1.165, 1.54) is 0 Å². The van der Waals surface area contributed by atoms with E-state index >= 15 is 0 Å². The van der Waals surface area contributed by atoms with Crippen molar-refractivity contribution in [3.8, 4) is 0 Å². The predicted molar refractivity (Wildman–Crippen MR) is 76.7 cm³/mol. The molecule has 2 aromatic rings. The molecule has 2 nitrogen and oxygen atoms in total. The Balaban J connectivity index is 2.67. The summed E-state index contributed by atoms with van der Waals surface area (Å²) in [6.45, 7) is 1.63. The van der Waals surface area contributed by atoms with E-state index in [0.29, 0.717) is 10.0 Å². The largest absolute Gasteiger partial charge is 0.416 e. The van der Waals surface area contributed by atoms with Crippen LogP contribution in [0, 0.1) is 0 Å². The molecule has 6 heteroatoms. The van der Waals surface area contributed by atoms with E-state index in [-0.39, 0.29) is 12.0 Å². The van der Waals surface area contributed by atoms with Gasteiger partial charge in [-0.25, -0.2) is 0 Å². The van der Waals surface area contributed by atoms with Gasteiger partial charge in [0.1, 0.15) is 5.60 Å². The smallest absolute Gasteiger partial charge is 0.380 e. The van der Waals surface area contributed by atoms with Crippen molar-refractivity contribution < 1.29 is 18.3 Å². The monoisotopic (exact) mass is 359 g/mol. The average Bonchev–Trinajstić information content (AvgIpc) is 2.45. The molecule has 1 aromatic carbocycles. The Labute approximate surface area is 128 Å². The maximum absolute atomic E-state index is 13.2. The zero-order valence-electron chi connectivity index (χ0n) is 11.2. The first-order chi connectivity index (χ1) is 9.79. The number of aromatic nitrogens is 1. The lowest BCUT2D eigenvalue weighted by molar-refractivity contribution is -0.140. The minimum Gasteiger partial charge on any atom is -0.380 e. The standard InChI is InChI=1S/C15H13BrF3NO/c1-2-14(21,10-4-3-5-11(16)8-10)13-9-20-7-6-12(13)15(17,18)19/h3-9,21H,2H2,1H3. The highest BCUT2D eigenvalue weighted by molar-refractivity contribution is 9.10. The van der Waals surface area contributed by atoms with Gasteiger partial charge in [0.05, 0.1) is 5.56 Å². The molecule has 112 valence electrons. The van der Waals surface area contributed by atoms with Crippen molar-refractivity contribution in [1.82, 2.24) is 4.98 Å². The normalized spacial score (nSPS) is 14.8. The Morgan fingerprint density at radius 1 is 1.19 bits per heavy atom. The van der Waals surface area contributed by atoms with Gasteiger partial charge in [-0.05, 0) is 30.2 Å². The molecule has 2 rings (SSSR count). The van der Waals surface area contributed by atoms with Crippen LogP contribution in [0.1, 0.15) is 30.0 Å². The molecule has 21 heavy (non-hydrogen) atoms. The first-order valence-electron chi connectivity index (χ1n) is 6.29. The van der Waals surface area contributed by atoms with E-state index in [9.17, 15) is 18.3 Å². The van der Waals surface area contributed by atoms with Crippen molar-refractivity contribution in [2.75, 3.05) is 0 Å². The van der Waals surface area contributed by atoms with Gasteiger partial charge >= 0.3 is 6.18 Å². The van der Waals surface area contributed by atoms with Crippen molar-refractivity contribution in [2.24, 2.45) is 0 Å². The van der Waals surface area contributed by atoms with Crippen LogP contribution in [0.25, 0.3) is 0 Å². The van der Waals surface area contributed by atoms with Crippen LogP contribution in [0.15, 0.2) is 47.2 Å². The summed E-state index contributed by atoms with van der Waals surface area (Å²) in [5, 5.41) is 10.9. The molecule has 1 atom stereocenters. The summed E-state index contributed by atoms with van der Waals surface area (Å²) < 4.78 is 40.2. The maximum atomic E-state index is 13.2. The fraction of sp³-hybridized carbons (Fsp3) is 0.267. The molecule has 1 unspecified atom stereocenters. The number of nitrogens with zero attached hydrogens (tertiary/aromatic N) is 1. The van der Waals surface area contributed by atoms with Crippen molar-refractivity contribution in [1.29, 1.82) is 0 Å². The summed E-state index contributed by atoms with van der Waals surface area (Å²) in [5.41, 5.74) is -2.47. The number of pyridine rings is 1. The van der Waals surface area contributed by atoms with E-state index in [1.807, 2.05) is 0 Å². The highest BCUT2D eigenvalue weighted by Crippen LogP contribution is 2.41. The lowest BCUT2D eigenvalue weighted by Gasteiger charge is -2.30. The van der Waals surface area contributed by atoms with Gasteiger partial charge in [-0.2, -0.15) is 13.2 Å². The van der Waals surface area contributed by atoms with Crippen molar-refractivity contribution in [3.05, 3.63) is 63.9 Å². The predicted octanol–water partition coefficient (Wildman–Crippen LogP) is 4.51. The number of halogens is 4. The second-order valence-corrected chi connectivity index (χ2v) is 5.56. The van der Waals surface area contributed by atoms with Crippen molar-refractivity contribution in [2.45, 2.75) is 25.1 Å². The van der Waals surface area contributed by atoms with Crippen LogP contribution >= 0.6 is 15.9 Å². The summed E-state index contributed by atoms with van der Waals surface area (Å²) in [5.74, 6) is 0. The first kappa shape index (κ1) is 16.0. The molecule has 0 spiro atoms. The Bertz CT molecular complexity index is 645. The van der Waals surface area contributed by atoms with Crippen molar-refractivity contribution >= 4 is 15.9 Å². The fourth-order valence-electron chi connectivity index (χ4n) is 2.27. The molecule has 0 saturated carbocycles. The van der Waals surface area contributed by atoms with Gasteiger partial charge in [0.25, 0.3) is 0 Å². The number of benzene rings is 1. The third kappa shape index (κ3) is 3.11. The molecule has 0 aliphatic rings. The Morgan fingerprint density at radius 3 is 2.48 bits per heavy atom. The van der Waals surface area contributed by atoms with Crippen LogP contribution in [-0.2, 0) is 11.8 Å². The number of rotatable bonds is 3. The summed E-state index contributed by atoms with van der Waals surface area (Å²) >= 11 is 3.27. The molecular weight excluding hydrogens is 347 g/mol. The molecular formula is C15H13BrF3NO. The lowest BCUT2D eigenvalue weighted by Crippen LogP contribution is -2.30. The number of alkyl halides is 3. The van der Waals surface area contributed by atoms with Crippen LogP contribution in [0.5, 0.6) is 0 Å². The van der Waals surface area contributed by atoms with Crippen LogP contribution < -0.4 is 0 Å². The molecule has 0 radical (unpaired) electrons. The second-order valence-electron chi connectivity index (χ2n) is 4.64. The summed E-state index contributed by atoms with van der Waals surface area (Å²) in [6.07, 6.45) is -2.30. The molecule has 0 fully saturated rings. The van der Waals surface area contributed by atoms with Gasteiger partial charge in [0, 0.05) is 22.4 Å². The topological polar surface area (TPSA) is 33.1 Å². The summed E-state index contributed by atoms with van der Waals surface area (Å²) in [4.78, 5) is 3.75. The lowest BCUT2D eigenvalue weighted by atomic mass is 9.82. The number of hydrogen-bond acceptors (Lipinski definition) is 2. The molecule has 0 aliphatic carbocycles. The second kappa shape index (κ2) is 5.77. The highest BCUT2D eigenvalue weighted by Gasteiger charge is 2.41. The molecule has 0 amide bonds. The van der Waals surface area contributed by atoms with Crippen LogP contribution in [0.3, 0.4) is 0 Å². The SMILES string of the molecule is CCC(O)(c1cccc(Br)c1)c1cnccc1C(F)(F)F. The third-order valence-corrected chi connectivity index (χ3v) is 3.88. The van der Waals surface area contributed by atoms with Gasteiger partial charge in [-0.3, -0.25) is 4.98 Å². The molecule has 0 bridgehead atoms. The van der Waals surface area contributed by atoms with Gasteiger partial charge < -0.3 is 5.11 Å². The molecule has 1 aromatic heterocycles. The Morgan fingerprint density at radius 2 is 1.90 bits per heavy atom.